The number of nitrogens with zero attached hydrogens (tertiary/aromatic N) is 2. The average Bonchev–Trinajstić information content (AvgIpc) is 2.69. The van der Waals surface area contributed by atoms with Gasteiger partial charge in [-0.1, -0.05) is 0 Å². The lowest BCUT2D eigenvalue weighted by molar-refractivity contribution is 0.536. The van der Waals surface area contributed by atoms with Crippen molar-refractivity contribution in [1.29, 1.82) is 0 Å². The Hall–Kier alpha value is -1.40. The Morgan fingerprint density at radius 1 is 1.35 bits per heavy atom. The predicted octanol–water partition coefficient (Wildman–Crippen LogP) is 2.31. The van der Waals surface area contributed by atoms with E-state index in [1.165, 1.54) is 12.1 Å². The third kappa shape index (κ3) is 2.48. The molecule has 1 heterocycles. The number of benzene rings is 1. The van der Waals surface area contributed by atoms with E-state index in [1.54, 1.807) is 24.0 Å². The lowest BCUT2D eigenvalue weighted by atomic mass is 10.2. The largest absolute Gasteiger partial charge is 0.329 e. The fraction of sp³-hybridized carbons (Fsp3) is 0.182. The molecule has 0 saturated carbocycles. The first-order chi connectivity index (χ1) is 8.11. The second kappa shape index (κ2) is 4.85. The SMILES string of the molecule is Cn1ccnc1Sc1c(F)cc(CN)cc1F. The van der Waals surface area contributed by atoms with Gasteiger partial charge >= 0.3 is 0 Å². The summed E-state index contributed by atoms with van der Waals surface area (Å²) in [6, 6.07) is 2.49. The van der Waals surface area contributed by atoms with Gasteiger partial charge in [0.25, 0.3) is 0 Å². The van der Waals surface area contributed by atoms with E-state index in [1.807, 2.05) is 0 Å². The van der Waals surface area contributed by atoms with Gasteiger partial charge in [-0.3, -0.25) is 0 Å². The van der Waals surface area contributed by atoms with Crippen molar-refractivity contribution in [1.82, 2.24) is 9.55 Å². The molecule has 2 aromatic rings. The second-order valence-corrected chi connectivity index (χ2v) is 4.49. The summed E-state index contributed by atoms with van der Waals surface area (Å²) < 4.78 is 29.0. The van der Waals surface area contributed by atoms with Gasteiger partial charge in [-0.15, -0.1) is 0 Å². The molecule has 2 N–H and O–H groups in total. The van der Waals surface area contributed by atoms with Gasteiger partial charge in [0.2, 0.25) is 0 Å². The molecule has 0 bridgehead atoms. The van der Waals surface area contributed by atoms with Gasteiger partial charge in [0, 0.05) is 26.0 Å². The first kappa shape index (κ1) is 12.1. The molecule has 2 rings (SSSR count). The van der Waals surface area contributed by atoms with Crippen LogP contribution in [0, 0.1) is 11.6 Å². The molecule has 0 aliphatic carbocycles. The van der Waals surface area contributed by atoms with Gasteiger partial charge in [0.1, 0.15) is 11.6 Å². The normalized spacial score (nSPS) is 10.8. The minimum absolute atomic E-state index is 0.0588. The molecular weight excluding hydrogens is 244 g/mol. The van der Waals surface area contributed by atoms with Crippen LogP contribution in [0.25, 0.3) is 0 Å². The third-order valence-electron chi connectivity index (χ3n) is 2.26. The van der Waals surface area contributed by atoms with Crippen molar-refractivity contribution in [2.75, 3.05) is 0 Å². The zero-order chi connectivity index (χ0) is 12.4. The molecule has 0 atom stereocenters. The maximum Gasteiger partial charge on any atom is 0.172 e. The topological polar surface area (TPSA) is 43.8 Å². The standard InChI is InChI=1S/C11H11F2N3S/c1-16-3-2-15-11(16)17-10-8(12)4-7(6-14)5-9(10)13/h2-5H,6,14H2,1H3. The van der Waals surface area contributed by atoms with Gasteiger partial charge < -0.3 is 10.3 Å². The van der Waals surface area contributed by atoms with E-state index < -0.39 is 11.6 Å². The van der Waals surface area contributed by atoms with Crippen LogP contribution in [0.15, 0.2) is 34.6 Å². The average molecular weight is 255 g/mol. The number of hydrogen-bond donors (Lipinski definition) is 1. The molecule has 0 amide bonds. The van der Waals surface area contributed by atoms with Crippen molar-refractivity contribution >= 4 is 11.8 Å². The summed E-state index contributed by atoms with van der Waals surface area (Å²) in [5.41, 5.74) is 5.78. The van der Waals surface area contributed by atoms with E-state index in [2.05, 4.69) is 4.98 Å². The molecule has 3 nitrogen and oxygen atoms in total. The monoisotopic (exact) mass is 255 g/mol. The van der Waals surface area contributed by atoms with Crippen LogP contribution in [0.5, 0.6) is 0 Å². The molecule has 17 heavy (non-hydrogen) atoms. The lowest BCUT2D eigenvalue weighted by Gasteiger charge is -2.06. The number of halogens is 2. The Kier molecular flexibility index (Phi) is 3.44. The van der Waals surface area contributed by atoms with E-state index in [0.29, 0.717) is 10.7 Å². The number of hydrogen-bond acceptors (Lipinski definition) is 3. The Bertz CT molecular complexity index is 516. The maximum absolute atomic E-state index is 13.7. The van der Waals surface area contributed by atoms with Crippen LogP contribution >= 0.6 is 11.8 Å². The fourth-order valence-electron chi connectivity index (χ4n) is 1.37. The van der Waals surface area contributed by atoms with Crippen LogP contribution in [0.2, 0.25) is 0 Å². The second-order valence-electron chi connectivity index (χ2n) is 3.52. The first-order valence-corrected chi connectivity index (χ1v) is 5.76. The highest BCUT2D eigenvalue weighted by molar-refractivity contribution is 7.99. The summed E-state index contributed by atoms with van der Waals surface area (Å²) in [5.74, 6) is -1.23. The molecular formula is C11H11F2N3S. The predicted molar refractivity (Wildman–Crippen MR) is 61.6 cm³/mol. The summed E-state index contributed by atoms with van der Waals surface area (Å²) in [4.78, 5) is 3.94. The molecule has 0 radical (unpaired) electrons. The van der Waals surface area contributed by atoms with E-state index in [4.69, 9.17) is 5.73 Å². The van der Waals surface area contributed by atoms with E-state index >= 15 is 0 Å². The van der Waals surface area contributed by atoms with Crippen molar-refractivity contribution in [2.45, 2.75) is 16.6 Å². The van der Waals surface area contributed by atoms with Crippen molar-refractivity contribution in [3.8, 4) is 0 Å². The molecule has 0 saturated heterocycles. The molecule has 0 fully saturated rings. The highest BCUT2D eigenvalue weighted by Gasteiger charge is 2.14. The van der Waals surface area contributed by atoms with Gasteiger partial charge in [-0.05, 0) is 29.5 Å². The summed E-state index contributed by atoms with van der Waals surface area (Å²) in [5, 5.41) is 0.531. The quantitative estimate of drug-likeness (QED) is 0.915. The lowest BCUT2D eigenvalue weighted by Crippen LogP contribution is -2.00. The van der Waals surface area contributed by atoms with Crippen LogP contribution < -0.4 is 5.73 Å². The van der Waals surface area contributed by atoms with Gasteiger partial charge in [-0.25, -0.2) is 13.8 Å². The Morgan fingerprint density at radius 2 is 2.00 bits per heavy atom. The molecule has 1 aromatic heterocycles. The van der Waals surface area contributed by atoms with Crippen molar-refractivity contribution in [2.24, 2.45) is 12.8 Å². The van der Waals surface area contributed by atoms with Crippen LogP contribution in [0.4, 0.5) is 8.78 Å². The summed E-state index contributed by atoms with van der Waals surface area (Å²) in [6.07, 6.45) is 3.29. The number of imidazole rings is 1. The van der Waals surface area contributed by atoms with Crippen LogP contribution in [0.1, 0.15) is 5.56 Å². The minimum Gasteiger partial charge on any atom is -0.329 e. The van der Waals surface area contributed by atoms with Gasteiger partial charge in [0.05, 0.1) is 4.90 Å². The number of rotatable bonds is 3. The third-order valence-corrected chi connectivity index (χ3v) is 3.43. The van der Waals surface area contributed by atoms with E-state index in [-0.39, 0.29) is 11.4 Å². The summed E-state index contributed by atoms with van der Waals surface area (Å²) in [7, 11) is 1.76. The van der Waals surface area contributed by atoms with Crippen molar-refractivity contribution in [3.63, 3.8) is 0 Å². The number of aromatic nitrogens is 2. The van der Waals surface area contributed by atoms with Crippen molar-refractivity contribution in [3.05, 3.63) is 41.7 Å². The minimum atomic E-state index is -0.613. The van der Waals surface area contributed by atoms with Crippen molar-refractivity contribution < 1.29 is 8.78 Å². The molecule has 0 spiro atoms. The van der Waals surface area contributed by atoms with E-state index in [9.17, 15) is 8.78 Å². The van der Waals surface area contributed by atoms with Crippen LogP contribution in [0.3, 0.4) is 0 Å². The summed E-state index contributed by atoms with van der Waals surface area (Å²) >= 11 is 0.954. The molecule has 0 unspecified atom stereocenters. The Morgan fingerprint density at radius 3 is 2.47 bits per heavy atom. The van der Waals surface area contributed by atoms with Crippen LogP contribution in [-0.2, 0) is 13.6 Å². The number of aryl methyl sites for hydroxylation is 1. The highest BCUT2D eigenvalue weighted by atomic mass is 32.2. The molecule has 6 heteroatoms. The number of nitrogens with two attached hydrogens (primary N) is 1. The highest BCUT2D eigenvalue weighted by Crippen LogP contribution is 2.31. The molecule has 90 valence electrons. The zero-order valence-corrected chi connectivity index (χ0v) is 9.97. The Balaban J connectivity index is 2.36. The maximum atomic E-state index is 13.7. The van der Waals surface area contributed by atoms with Crippen LogP contribution in [-0.4, -0.2) is 9.55 Å². The summed E-state index contributed by atoms with van der Waals surface area (Å²) in [6.45, 7) is 0.112. The first-order valence-electron chi connectivity index (χ1n) is 4.95. The zero-order valence-electron chi connectivity index (χ0n) is 9.15. The molecule has 0 aliphatic rings. The van der Waals surface area contributed by atoms with Gasteiger partial charge in [0.15, 0.2) is 5.16 Å². The Labute approximate surface area is 102 Å². The fourth-order valence-corrected chi connectivity index (χ4v) is 2.18. The van der Waals surface area contributed by atoms with Gasteiger partial charge in [-0.2, -0.15) is 0 Å². The molecule has 1 aromatic carbocycles. The molecule has 0 aliphatic heterocycles. The smallest absolute Gasteiger partial charge is 0.172 e. The van der Waals surface area contributed by atoms with E-state index in [0.717, 1.165) is 11.8 Å².